The van der Waals surface area contributed by atoms with Crippen molar-refractivity contribution in [3.8, 4) is 10.4 Å². The first-order valence-corrected chi connectivity index (χ1v) is 9.96. The van der Waals surface area contributed by atoms with Gasteiger partial charge in [0.2, 0.25) is 0 Å². The van der Waals surface area contributed by atoms with E-state index < -0.39 is 0 Å². The number of hydrogen-bond donors (Lipinski definition) is 1. The van der Waals surface area contributed by atoms with Crippen LogP contribution >= 0.6 is 11.3 Å². The van der Waals surface area contributed by atoms with Gasteiger partial charge in [0.25, 0.3) is 5.56 Å². The van der Waals surface area contributed by atoms with Gasteiger partial charge in [-0.2, -0.15) is 0 Å². The van der Waals surface area contributed by atoms with Crippen LogP contribution in [0.4, 0.5) is 0 Å². The van der Waals surface area contributed by atoms with Crippen LogP contribution in [0, 0.1) is 13.8 Å². The Morgan fingerprint density at radius 1 is 1.17 bits per heavy atom. The quantitative estimate of drug-likeness (QED) is 0.505. The van der Waals surface area contributed by atoms with Gasteiger partial charge >= 0.3 is 0 Å². The number of aryl methyl sites for hydroxylation is 1. The van der Waals surface area contributed by atoms with E-state index in [9.17, 15) is 14.4 Å². The number of carbonyl (C=O) groups is 2. The van der Waals surface area contributed by atoms with E-state index in [4.69, 9.17) is 0 Å². The molecule has 4 rings (SSSR count). The number of nitrogens with zero attached hydrogens (tertiary/aromatic N) is 2. The molecule has 3 aromatic heterocycles. The van der Waals surface area contributed by atoms with Crippen molar-refractivity contribution in [1.29, 1.82) is 0 Å². The van der Waals surface area contributed by atoms with Crippen LogP contribution in [0.1, 0.15) is 39.0 Å². The van der Waals surface area contributed by atoms with Gasteiger partial charge in [-0.1, -0.05) is 30.3 Å². The Bertz CT molecular complexity index is 1310. The molecule has 6 nitrogen and oxygen atoms in total. The van der Waals surface area contributed by atoms with Crippen molar-refractivity contribution in [3.05, 3.63) is 75.6 Å². The Morgan fingerprint density at radius 2 is 1.90 bits per heavy atom. The van der Waals surface area contributed by atoms with Crippen LogP contribution in [-0.2, 0) is 6.54 Å². The number of Topliss-reactive ketones (excluding diaryl/α,β-unsaturated/α-hetero) is 2. The molecule has 0 aliphatic heterocycles. The molecular weight excluding hydrogens is 386 g/mol. The minimum Gasteiger partial charge on any atom is -0.355 e. The van der Waals surface area contributed by atoms with Crippen molar-refractivity contribution >= 4 is 33.1 Å². The summed E-state index contributed by atoms with van der Waals surface area (Å²) >= 11 is 1.45. The molecule has 0 fully saturated rings. The molecule has 0 saturated heterocycles. The number of nitrogens with one attached hydrogen (secondary N) is 1. The van der Waals surface area contributed by atoms with Crippen molar-refractivity contribution in [3.63, 3.8) is 0 Å². The molecule has 1 aromatic carbocycles. The summed E-state index contributed by atoms with van der Waals surface area (Å²) in [6, 6.07) is 11.6. The van der Waals surface area contributed by atoms with E-state index in [1.807, 2.05) is 36.4 Å². The third-order valence-electron chi connectivity index (χ3n) is 4.96. The topological polar surface area (TPSA) is 84.8 Å². The molecule has 0 aliphatic rings. The van der Waals surface area contributed by atoms with Gasteiger partial charge < -0.3 is 4.98 Å². The smallest absolute Gasteiger partial charge is 0.262 e. The van der Waals surface area contributed by atoms with E-state index in [1.54, 1.807) is 13.8 Å². The molecule has 0 saturated carbocycles. The number of aromatic nitrogens is 3. The summed E-state index contributed by atoms with van der Waals surface area (Å²) < 4.78 is 1.31. The minimum absolute atomic E-state index is 0.0951. The van der Waals surface area contributed by atoms with Crippen LogP contribution in [-0.4, -0.2) is 26.1 Å². The largest absolute Gasteiger partial charge is 0.355 e. The maximum atomic E-state index is 12.9. The number of thiophene rings is 1. The van der Waals surface area contributed by atoms with E-state index >= 15 is 0 Å². The molecular formula is C22H19N3O3S. The van der Waals surface area contributed by atoms with Gasteiger partial charge in [0.15, 0.2) is 11.6 Å². The second kappa shape index (κ2) is 7.25. The third kappa shape index (κ3) is 3.34. The summed E-state index contributed by atoms with van der Waals surface area (Å²) in [6.45, 7) is 4.83. The number of carbonyl (C=O) groups excluding carboxylic acids is 2. The average Bonchev–Trinajstić information content (AvgIpc) is 3.26. The van der Waals surface area contributed by atoms with E-state index in [2.05, 4.69) is 9.97 Å². The van der Waals surface area contributed by atoms with Gasteiger partial charge in [0.05, 0.1) is 24.0 Å². The van der Waals surface area contributed by atoms with Gasteiger partial charge in [-0.15, -0.1) is 11.3 Å². The molecule has 0 spiro atoms. The maximum Gasteiger partial charge on any atom is 0.262 e. The molecule has 1 N–H and O–H groups in total. The SMILES string of the molecule is CC(=O)c1c(C)[nH]c(C(=O)Cn2cnc3sc(-c4ccccc4)cc3c2=O)c1C. The van der Waals surface area contributed by atoms with E-state index in [0.717, 1.165) is 10.4 Å². The number of hydrogen-bond acceptors (Lipinski definition) is 5. The summed E-state index contributed by atoms with van der Waals surface area (Å²) in [5, 5.41) is 0.493. The lowest BCUT2D eigenvalue weighted by molar-refractivity contribution is 0.0965. The number of H-pyrrole nitrogens is 1. The summed E-state index contributed by atoms with van der Waals surface area (Å²) in [7, 11) is 0. The molecule has 0 amide bonds. The first-order valence-electron chi connectivity index (χ1n) is 9.14. The molecule has 3 heterocycles. The molecule has 0 aliphatic carbocycles. The fourth-order valence-corrected chi connectivity index (χ4v) is 4.60. The second-order valence-corrected chi connectivity index (χ2v) is 8.01. The van der Waals surface area contributed by atoms with E-state index in [1.165, 1.54) is 29.2 Å². The Morgan fingerprint density at radius 3 is 2.55 bits per heavy atom. The van der Waals surface area contributed by atoms with Gasteiger partial charge in [-0.3, -0.25) is 19.0 Å². The zero-order valence-corrected chi connectivity index (χ0v) is 17.1. The predicted molar refractivity (Wildman–Crippen MR) is 114 cm³/mol. The van der Waals surface area contributed by atoms with Crippen molar-refractivity contribution in [2.45, 2.75) is 27.3 Å². The Labute approximate surface area is 170 Å². The monoisotopic (exact) mass is 405 g/mol. The Hall–Kier alpha value is -3.32. The highest BCUT2D eigenvalue weighted by molar-refractivity contribution is 7.21. The summed E-state index contributed by atoms with van der Waals surface area (Å²) in [6.07, 6.45) is 1.41. The molecule has 4 aromatic rings. The van der Waals surface area contributed by atoms with Crippen molar-refractivity contribution in [2.24, 2.45) is 0 Å². The molecule has 0 unspecified atom stereocenters. The van der Waals surface area contributed by atoms with Crippen molar-refractivity contribution in [2.75, 3.05) is 0 Å². The van der Waals surface area contributed by atoms with Gasteiger partial charge in [-0.25, -0.2) is 4.98 Å². The normalized spacial score (nSPS) is 11.1. The molecule has 0 radical (unpaired) electrons. The van der Waals surface area contributed by atoms with E-state index in [-0.39, 0.29) is 23.7 Å². The summed E-state index contributed by atoms with van der Waals surface area (Å²) in [5.74, 6) is -0.359. The van der Waals surface area contributed by atoms with Crippen LogP contribution in [0.15, 0.2) is 47.5 Å². The Balaban J connectivity index is 1.69. The highest BCUT2D eigenvalue weighted by Crippen LogP contribution is 2.30. The zero-order valence-electron chi connectivity index (χ0n) is 16.3. The highest BCUT2D eigenvalue weighted by atomic mass is 32.1. The van der Waals surface area contributed by atoms with Crippen LogP contribution in [0.3, 0.4) is 0 Å². The first kappa shape index (κ1) is 19.0. The van der Waals surface area contributed by atoms with Crippen LogP contribution < -0.4 is 5.56 Å². The van der Waals surface area contributed by atoms with Crippen LogP contribution in [0.5, 0.6) is 0 Å². The number of aromatic amines is 1. The number of fused-ring (bicyclic) bond motifs is 1. The molecule has 0 atom stereocenters. The number of benzene rings is 1. The first-order chi connectivity index (χ1) is 13.9. The second-order valence-electron chi connectivity index (χ2n) is 6.98. The fraction of sp³-hybridized carbons (Fsp3) is 0.182. The van der Waals surface area contributed by atoms with Crippen molar-refractivity contribution < 1.29 is 9.59 Å². The fourth-order valence-electron chi connectivity index (χ4n) is 3.61. The molecule has 0 bridgehead atoms. The lowest BCUT2D eigenvalue weighted by Gasteiger charge is -2.04. The third-order valence-corrected chi connectivity index (χ3v) is 6.05. The van der Waals surface area contributed by atoms with Crippen LogP contribution in [0.25, 0.3) is 20.7 Å². The number of rotatable bonds is 5. The zero-order chi connectivity index (χ0) is 20.7. The van der Waals surface area contributed by atoms with Crippen LogP contribution in [0.2, 0.25) is 0 Å². The Kier molecular flexibility index (Phi) is 4.76. The average molecular weight is 405 g/mol. The lowest BCUT2D eigenvalue weighted by atomic mass is 10.1. The standard InChI is InChI=1S/C22H19N3O3S/c1-12-19(14(3)26)13(2)24-20(12)17(27)10-25-11-23-21-16(22(25)28)9-18(29-21)15-7-5-4-6-8-15/h4-9,11,24H,10H2,1-3H3. The van der Waals surface area contributed by atoms with E-state index in [0.29, 0.717) is 32.7 Å². The van der Waals surface area contributed by atoms with Gasteiger partial charge in [0.1, 0.15) is 4.83 Å². The molecule has 7 heteroatoms. The van der Waals surface area contributed by atoms with Crippen molar-refractivity contribution in [1.82, 2.24) is 14.5 Å². The van der Waals surface area contributed by atoms with Gasteiger partial charge in [0, 0.05) is 16.1 Å². The summed E-state index contributed by atoms with van der Waals surface area (Å²) in [5.41, 5.74) is 2.92. The molecule has 146 valence electrons. The maximum absolute atomic E-state index is 12.9. The minimum atomic E-state index is -0.264. The predicted octanol–water partition coefficient (Wildman–Crippen LogP) is 4.16. The summed E-state index contributed by atoms with van der Waals surface area (Å²) in [4.78, 5) is 46.5. The van der Waals surface area contributed by atoms with Gasteiger partial charge in [-0.05, 0) is 38.0 Å². The molecule has 29 heavy (non-hydrogen) atoms. The highest BCUT2D eigenvalue weighted by Gasteiger charge is 2.21. The lowest BCUT2D eigenvalue weighted by Crippen LogP contribution is -2.24. The number of ketones is 2.